The third-order valence-corrected chi connectivity index (χ3v) is 4.54. The van der Waals surface area contributed by atoms with Crippen LogP contribution in [0.4, 0.5) is 0 Å². The van der Waals surface area contributed by atoms with E-state index in [1.54, 1.807) is 20.4 Å². The van der Waals surface area contributed by atoms with E-state index in [9.17, 15) is 0 Å². The molecular formula is C15H28N4O2. The largest absolute Gasteiger partial charge is 0.493 e. The standard InChI is InChI=1S/C15H28N4O2/c1-18(2)9-10-19-13(12(20-3)11-17-19)14(16)15(21-4)7-5-6-8-15/h11,14H,5-10,16H2,1-4H3. The molecule has 2 N–H and O–H groups in total. The molecule has 1 unspecified atom stereocenters. The predicted molar refractivity (Wildman–Crippen MR) is 82.5 cm³/mol. The van der Waals surface area contributed by atoms with Gasteiger partial charge in [0.2, 0.25) is 0 Å². The second kappa shape index (κ2) is 6.77. The van der Waals surface area contributed by atoms with Gasteiger partial charge in [0, 0.05) is 13.7 Å². The summed E-state index contributed by atoms with van der Waals surface area (Å²) in [4.78, 5) is 2.13. The van der Waals surface area contributed by atoms with Crippen molar-refractivity contribution in [2.45, 2.75) is 43.9 Å². The number of nitrogens with zero attached hydrogens (tertiary/aromatic N) is 3. The van der Waals surface area contributed by atoms with Gasteiger partial charge in [0.15, 0.2) is 5.75 Å². The highest BCUT2D eigenvalue weighted by Gasteiger charge is 2.43. The highest BCUT2D eigenvalue weighted by Crippen LogP contribution is 2.43. The molecule has 0 radical (unpaired) electrons. The normalized spacial score (nSPS) is 19.1. The monoisotopic (exact) mass is 296 g/mol. The fourth-order valence-corrected chi connectivity index (χ4v) is 3.19. The summed E-state index contributed by atoms with van der Waals surface area (Å²) in [5.41, 5.74) is 7.25. The summed E-state index contributed by atoms with van der Waals surface area (Å²) in [6.07, 6.45) is 6.06. The molecule has 0 bridgehead atoms. The van der Waals surface area contributed by atoms with Crippen LogP contribution in [0.25, 0.3) is 0 Å². The first-order valence-electron chi connectivity index (χ1n) is 7.59. The zero-order chi connectivity index (χ0) is 15.5. The van der Waals surface area contributed by atoms with Crippen LogP contribution in [0, 0.1) is 0 Å². The van der Waals surface area contributed by atoms with E-state index in [0.717, 1.165) is 50.2 Å². The maximum Gasteiger partial charge on any atom is 0.161 e. The van der Waals surface area contributed by atoms with Gasteiger partial charge in [-0.15, -0.1) is 0 Å². The Bertz CT molecular complexity index is 453. The smallest absolute Gasteiger partial charge is 0.161 e. The number of hydrogen-bond acceptors (Lipinski definition) is 5. The second-order valence-corrected chi connectivity index (χ2v) is 6.08. The Morgan fingerprint density at radius 2 is 2.05 bits per heavy atom. The molecule has 1 saturated carbocycles. The summed E-state index contributed by atoms with van der Waals surface area (Å²) < 4.78 is 13.3. The zero-order valence-electron chi connectivity index (χ0n) is 13.6. The van der Waals surface area contributed by atoms with Crippen molar-refractivity contribution in [3.63, 3.8) is 0 Å². The fourth-order valence-electron chi connectivity index (χ4n) is 3.19. The van der Waals surface area contributed by atoms with Crippen LogP contribution in [-0.2, 0) is 11.3 Å². The van der Waals surface area contributed by atoms with Gasteiger partial charge in [-0.05, 0) is 26.9 Å². The third-order valence-electron chi connectivity index (χ3n) is 4.54. The van der Waals surface area contributed by atoms with Crippen molar-refractivity contribution in [1.29, 1.82) is 0 Å². The number of methoxy groups -OCH3 is 2. The highest BCUT2D eigenvalue weighted by molar-refractivity contribution is 5.30. The van der Waals surface area contributed by atoms with Gasteiger partial charge in [-0.1, -0.05) is 12.8 Å². The van der Waals surface area contributed by atoms with Gasteiger partial charge in [0.05, 0.1) is 31.5 Å². The lowest BCUT2D eigenvalue weighted by Gasteiger charge is -2.34. The molecule has 120 valence electrons. The SMILES string of the molecule is COc1cnn(CCN(C)C)c1C(N)C1(OC)CCCC1. The van der Waals surface area contributed by atoms with E-state index in [1.165, 1.54) is 0 Å². The molecule has 0 aromatic carbocycles. The molecule has 0 aliphatic heterocycles. The molecule has 0 spiro atoms. The summed E-state index contributed by atoms with van der Waals surface area (Å²) in [5, 5.41) is 4.45. The molecule has 1 heterocycles. The molecule has 2 rings (SSSR count). The molecule has 6 heteroatoms. The Labute approximate surface area is 127 Å². The summed E-state index contributed by atoms with van der Waals surface area (Å²) in [7, 11) is 7.53. The number of hydrogen-bond donors (Lipinski definition) is 1. The lowest BCUT2D eigenvalue weighted by Crippen LogP contribution is -2.42. The Balaban J connectivity index is 2.29. The Hall–Kier alpha value is -1.11. The second-order valence-electron chi connectivity index (χ2n) is 6.08. The molecule has 0 saturated heterocycles. The van der Waals surface area contributed by atoms with Crippen LogP contribution in [0.2, 0.25) is 0 Å². The number of likely N-dealkylation sites (N-methyl/N-ethyl adjacent to an activating group) is 1. The lowest BCUT2D eigenvalue weighted by atomic mass is 9.90. The lowest BCUT2D eigenvalue weighted by molar-refractivity contribution is -0.0290. The Kier molecular flexibility index (Phi) is 5.24. The van der Waals surface area contributed by atoms with Crippen LogP contribution >= 0.6 is 0 Å². The van der Waals surface area contributed by atoms with Crippen LogP contribution in [0.1, 0.15) is 37.4 Å². The first-order chi connectivity index (χ1) is 10.0. The van der Waals surface area contributed by atoms with Gasteiger partial charge in [0.1, 0.15) is 5.69 Å². The minimum absolute atomic E-state index is 0.218. The quantitative estimate of drug-likeness (QED) is 0.824. The molecular weight excluding hydrogens is 268 g/mol. The predicted octanol–water partition coefficient (Wildman–Crippen LogP) is 1.41. The van der Waals surface area contributed by atoms with E-state index in [2.05, 4.69) is 10.00 Å². The van der Waals surface area contributed by atoms with E-state index in [0.29, 0.717) is 0 Å². The average molecular weight is 296 g/mol. The van der Waals surface area contributed by atoms with Gasteiger partial charge < -0.3 is 20.1 Å². The first-order valence-corrected chi connectivity index (χ1v) is 7.59. The average Bonchev–Trinajstić information content (AvgIpc) is 3.11. The fraction of sp³-hybridized carbons (Fsp3) is 0.800. The van der Waals surface area contributed by atoms with Crippen molar-refractivity contribution in [3.8, 4) is 5.75 Å². The third kappa shape index (κ3) is 3.22. The molecule has 1 fully saturated rings. The summed E-state index contributed by atoms with van der Waals surface area (Å²) >= 11 is 0. The molecule has 1 aliphatic rings. The molecule has 0 amide bonds. The first kappa shape index (κ1) is 16.3. The van der Waals surface area contributed by atoms with E-state index >= 15 is 0 Å². The molecule has 1 aromatic heterocycles. The summed E-state index contributed by atoms with van der Waals surface area (Å²) in [5.74, 6) is 0.754. The van der Waals surface area contributed by atoms with Crippen LogP contribution in [-0.4, -0.2) is 55.1 Å². The topological polar surface area (TPSA) is 65.5 Å². The number of rotatable bonds is 7. The summed E-state index contributed by atoms with van der Waals surface area (Å²) in [6.45, 7) is 1.70. The number of aromatic nitrogens is 2. The highest BCUT2D eigenvalue weighted by atomic mass is 16.5. The maximum atomic E-state index is 6.59. The Morgan fingerprint density at radius 3 is 2.57 bits per heavy atom. The van der Waals surface area contributed by atoms with Crippen LogP contribution in [0.3, 0.4) is 0 Å². The molecule has 21 heavy (non-hydrogen) atoms. The van der Waals surface area contributed by atoms with Gasteiger partial charge in [0.25, 0.3) is 0 Å². The number of ether oxygens (including phenoxy) is 2. The van der Waals surface area contributed by atoms with E-state index in [-0.39, 0.29) is 11.6 Å². The van der Waals surface area contributed by atoms with Crippen molar-refractivity contribution < 1.29 is 9.47 Å². The Morgan fingerprint density at radius 1 is 1.38 bits per heavy atom. The molecule has 6 nitrogen and oxygen atoms in total. The van der Waals surface area contributed by atoms with Crippen LogP contribution in [0.5, 0.6) is 5.75 Å². The van der Waals surface area contributed by atoms with Gasteiger partial charge in [-0.25, -0.2) is 0 Å². The maximum absolute atomic E-state index is 6.59. The molecule has 1 aromatic rings. The van der Waals surface area contributed by atoms with Crippen LogP contribution < -0.4 is 10.5 Å². The van der Waals surface area contributed by atoms with Crippen molar-refractivity contribution in [2.75, 3.05) is 34.9 Å². The summed E-state index contributed by atoms with van der Waals surface area (Å²) in [6, 6.07) is -0.218. The minimum atomic E-state index is -0.289. The van der Waals surface area contributed by atoms with Crippen molar-refractivity contribution in [2.24, 2.45) is 5.73 Å². The van der Waals surface area contributed by atoms with Crippen molar-refractivity contribution in [1.82, 2.24) is 14.7 Å². The van der Waals surface area contributed by atoms with Crippen LogP contribution in [0.15, 0.2) is 6.20 Å². The zero-order valence-corrected chi connectivity index (χ0v) is 13.6. The van der Waals surface area contributed by atoms with Gasteiger partial charge >= 0.3 is 0 Å². The van der Waals surface area contributed by atoms with E-state index in [1.807, 2.05) is 18.8 Å². The number of nitrogens with two attached hydrogens (primary N) is 1. The van der Waals surface area contributed by atoms with Gasteiger partial charge in [-0.3, -0.25) is 4.68 Å². The van der Waals surface area contributed by atoms with Crippen molar-refractivity contribution >= 4 is 0 Å². The molecule has 1 aliphatic carbocycles. The van der Waals surface area contributed by atoms with E-state index < -0.39 is 0 Å². The van der Waals surface area contributed by atoms with E-state index in [4.69, 9.17) is 15.2 Å². The minimum Gasteiger partial charge on any atom is -0.493 e. The van der Waals surface area contributed by atoms with Crippen molar-refractivity contribution in [3.05, 3.63) is 11.9 Å². The van der Waals surface area contributed by atoms with Gasteiger partial charge in [-0.2, -0.15) is 5.10 Å². The molecule has 1 atom stereocenters.